The summed E-state index contributed by atoms with van der Waals surface area (Å²) in [5.41, 5.74) is 9.81. The van der Waals surface area contributed by atoms with E-state index in [0.717, 1.165) is 18.7 Å². The van der Waals surface area contributed by atoms with Crippen molar-refractivity contribution in [2.45, 2.75) is 52.4 Å². The van der Waals surface area contributed by atoms with Crippen LogP contribution in [-0.2, 0) is 5.41 Å². The normalized spacial score (nSPS) is 12.0. The molecule has 0 aromatic heterocycles. The first-order valence-corrected chi connectivity index (χ1v) is 6.72. The molecule has 1 aromatic carbocycles. The van der Waals surface area contributed by atoms with Gasteiger partial charge in [0.2, 0.25) is 0 Å². The van der Waals surface area contributed by atoms with Gasteiger partial charge < -0.3 is 10.5 Å². The zero-order valence-electron chi connectivity index (χ0n) is 12.6. The highest BCUT2D eigenvalue weighted by molar-refractivity contribution is 5.46. The SMILES string of the molecule is COc1cc(C)c(C(C)(C)CCN)cc1C(C)C. The first kappa shape index (κ1) is 15.0. The Bertz CT molecular complexity index is 408. The van der Waals surface area contributed by atoms with Gasteiger partial charge in [0.25, 0.3) is 0 Å². The summed E-state index contributed by atoms with van der Waals surface area (Å²) in [7, 11) is 1.74. The zero-order valence-corrected chi connectivity index (χ0v) is 12.6. The molecule has 0 saturated carbocycles. The number of methoxy groups -OCH3 is 1. The Morgan fingerprint density at radius 2 is 1.89 bits per heavy atom. The van der Waals surface area contributed by atoms with Crippen LogP contribution in [0.25, 0.3) is 0 Å². The summed E-state index contributed by atoms with van der Waals surface area (Å²) >= 11 is 0. The topological polar surface area (TPSA) is 35.2 Å². The average molecular weight is 249 g/mol. The molecule has 0 atom stereocenters. The summed E-state index contributed by atoms with van der Waals surface area (Å²) in [6.07, 6.45) is 0.998. The van der Waals surface area contributed by atoms with Crippen molar-refractivity contribution >= 4 is 0 Å². The van der Waals surface area contributed by atoms with Crippen LogP contribution >= 0.6 is 0 Å². The van der Waals surface area contributed by atoms with E-state index in [9.17, 15) is 0 Å². The Morgan fingerprint density at radius 1 is 1.28 bits per heavy atom. The molecule has 102 valence electrons. The van der Waals surface area contributed by atoms with Crippen molar-refractivity contribution in [2.75, 3.05) is 13.7 Å². The molecule has 0 bridgehead atoms. The van der Waals surface area contributed by atoms with E-state index in [4.69, 9.17) is 10.5 Å². The maximum Gasteiger partial charge on any atom is 0.122 e. The Labute approximate surface area is 112 Å². The zero-order chi connectivity index (χ0) is 13.9. The van der Waals surface area contributed by atoms with Gasteiger partial charge in [0.05, 0.1) is 7.11 Å². The van der Waals surface area contributed by atoms with Crippen molar-refractivity contribution in [3.05, 3.63) is 28.8 Å². The lowest BCUT2D eigenvalue weighted by Crippen LogP contribution is -2.23. The molecule has 0 aliphatic carbocycles. The highest BCUT2D eigenvalue weighted by Gasteiger charge is 2.23. The van der Waals surface area contributed by atoms with Gasteiger partial charge in [-0.3, -0.25) is 0 Å². The summed E-state index contributed by atoms with van der Waals surface area (Å²) in [6.45, 7) is 11.8. The van der Waals surface area contributed by atoms with Crippen LogP contribution in [0.3, 0.4) is 0 Å². The molecule has 0 amide bonds. The highest BCUT2D eigenvalue weighted by Crippen LogP contribution is 2.36. The van der Waals surface area contributed by atoms with Crippen LogP contribution in [-0.4, -0.2) is 13.7 Å². The van der Waals surface area contributed by atoms with E-state index in [1.807, 2.05) is 0 Å². The molecule has 2 nitrogen and oxygen atoms in total. The molecule has 1 aromatic rings. The third-order valence-corrected chi connectivity index (χ3v) is 3.70. The molecule has 0 saturated heterocycles. The lowest BCUT2D eigenvalue weighted by molar-refractivity contribution is 0.405. The van der Waals surface area contributed by atoms with Gasteiger partial charge in [-0.25, -0.2) is 0 Å². The van der Waals surface area contributed by atoms with E-state index in [1.165, 1.54) is 16.7 Å². The number of rotatable bonds is 5. The van der Waals surface area contributed by atoms with Gasteiger partial charge in [-0.15, -0.1) is 0 Å². The van der Waals surface area contributed by atoms with Crippen LogP contribution < -0.4 is 10.5 Å². The predicted octanol–water partition coefficient (Wildman–Crippen LogP) is 3.75. The average Bonchev–Trinajstić information content (AvgIpc) is 2.27. The lowest BCUT2D eigenvalue weighted by atomic mass is 9.78. The van der Waals surface area contributed by atoms with Gasteiger partial charge >= 0.3 is 0 Å². The Kier molecular flexibility index (Phi) is 4.80. The molecule has 1 rings (SSSR count). The molecular weight excluding hydrogens is 222 g/mol. The van der Waals surface area contributed by atoms with Crippen molar-refractivity contribution in [1.82, 2.24) is 0 Å². The molecule has 0 radical (unpaired) electrons. The Morgan fingerprint density at radius 3 is 2.33 bits per heavy atom. The standard InChI is InChI=1S/C16H27NO/c1-11(2)13-10-14(16(4,5)7-8-17)12(3)9-15(13)18-6/h9-11H,7-8,17H2,1-6H3. The van der Waals surface area contributed by atoms with Crippen LogP contribution in [0.15, 0.2) is 12.1 Å². The van der Waals surface area contributed by atoms with Crippen molar-refractivity contribution in [1.29, 1.82) is 0 Å². The molecule has 2 N–H and O–H groups in total. The first-order valence-electron chi connectivity index (χ1n) is 6.72. The van der Waals surface area contributed by atoms with Crippen molar-refractivity contribution in [2.24, 2.45) is 5.73 Å². The number of aryl methyl sites for hydroxylation is 1. The number of nitrogens with two attached hydrogens (primary N) is 1. The summed E-state index contributed by atoms with van der Waals surface area (Å²) < 4.78 is 5.49. The van der Waals surface area contributed by atoms with E-state index in [0.29, 0.717) is 5.92 Å². The maximum atomic E-state index is 5.73. The summed E-state index contributed by atoms with van der Waals surface area (Å²) in [4.78, 5) is 0. The molecule has 2 heteroatoms. The van der Waals surface area contributed by atoms with Crippen molar-refractivity contribution < 1.29 is 4.74 Å². The van der Waals surface area contributed by atoms with Crippen LogP contribution in [0.1, 0.15) is 56.7 Å². The fraction of sp³-hybridized carbons (Fsp3) is 0.625. The van der Waals surface area contributed by atoms with E-state index in [-0.39, 0.29) is 5.41 Å². The molecule has 0 unspecified atom stereocenters. The monoisotopic (exact) mass is 249 g/mol. The van der Waals surface area contributed by atoms with E-state index < -0.39 is 0 Å². The number of hydrogen-bond donors (Lipinski definition) is 1. The van der Waals surface area contributed by atoms with E-state index in [2.05, 4.69) is 46.8 Å². The summed E-state index contributed by atoms with van der Waals surface area (Å²) in [5, 5.41) is 0. The van der Waals surface area contributed by atoms with Crippen molar-refractivity contribution in [3.8, 4) is 5.75 Å². The van der Waals surface area contributed by atoms with E-state index >= 15 is 0 Å². The predicted molar refractivity (Wildman–Crippen MR) is 78.5 cm³/mol. The fourth-order valence-electron chi connectivity index (χ4n) is 2.55. The molecule has 0 aliphatic rings. The van der Waals surface area contributed by atoms with Crippen LogP contribution in [0.4, 0.5) is 0 Å². The van der Waals surface area contributed by atoms with Gasteiger partial charge in [0.1, 0.15) is 5.75 Å². The number of hydrogen-bond acceptors (Lipinski definition) is 2. The second kappa shape index (κ2) is 5.75. The Hall–Kier alpha value is -1.02. The molecule has 0 aliphatic heterocycles. The van der Waals surface area contributed by atoms with Gasteiger partial charge in [-0.1, -0.05) is 33.8 Å². The lowest BCUT2D eigenvalue weighted by Gasteiger charge is -2.28. The summed E-state index contributed by atoms with van der Waals surface area (Å²) in [6, 6.07) is 4.46. The minimum absolute atomic E-state index is 0.120. The van der Waals surface area contributed by atoms with Gasteiger partial charge in [0.15, 0.2) is 0 Å². The minimum atomic E-state index is 0.120. The minimum Gasteiger partial charge on any atom is -0.496 e. The third-order valence-electron chi connectivity index (χ3n) is 3.70. The molecule has 18 heavy (non-hydrogen) atoms. The number of benzene rings is 1. The van der Waals surface area contributed by atoms with Crippen molar-refractivity contribution in [3.63, 3.8) is 0 Å². The maximum absolute atomic E-state index is 5.73. The van der Waals surface area contributed by atoms with E-state index in [1.54, 1.807) is 7.11 Å². The molecule has 0 spiro atoms. The van der Waals surface area contributed by atoms with Gasteiger partial charge in [-0.05, 0) is 54.0 Å². The van der Waals surface area contributed by atoms with Gasteiger partial charge in [0, 0.05) is 0 Å². The molecule has 0 fully saturated rings. The number of ether oxygens (including phenoxy) is 1. The summed E-state index contributed by atoms with van der Waals surface area (Å²) in [5.74, 6) is 1.46. The molecule has 0 heterocycles. The van der Waals surface area contributed by atoms with Crippen LogP contribution in [0, 0.1) is 6.92 Å². The molecular formula is C16H27NO. The second-order valence-corrected chi connectivity index (χ2v) is 5.99. The fourth-order valence-corrected chi connectivity index (χ4v) is 2.55. The second-order valence-electron chi connectivity index (χ2n) is 5.99. The Balaban J connectivity index is 3.33. The van der Waals surface area contributed by atoms with Crippen LogP contribution in [0.5, 0.6) is 5.75 Å². The smallest absolute Gasteiger partial charge is 0.122 e. The quantitative estimate of drug-likeness (QED) is 0.862. The largest absolute Gasteiger partial charge is 0.496 e. The highest BCUT2D eigenvalue weighted by atomic mass is 16.5. The van der Waals surface area contributed by atoms with Crippen LogP contribution in [0.2, 0.25) is 0 Å². The van der Waals surface area contributed by atoms with Gasteiger partial charge in [-0.2, -0.15) is 0 Å². The first-order chi connectivity index (χ1) is 8.33. The third kappa shape index (κ3) is 3.05.